The van der Waals surface area contributed by atoms with Crippen LogP contribution < -0.4 is 39.0 Å². The molecular formula is C72H105N13O21Si2. The molecule has 4 aromatic heterocycles. The molecule has 0 saturated carbocycles. The largest absolute Gasteiger partial charge is 0.464 e. The molecule has 6 aromatic rings. The predicted octanol–water partition coefficient (Wildman–Crippen LogP) is 4.70. The highest BCUT2D eigenvalue weighted by atomic mass is 28.3. The molecule has 2 aromatic carbocycles. The number of aromatic amines is 4. The minimum absolute atomic E-state index is 0.000489. The maximum absolute atomic E-state index is 13.3. The summed E-state index contributed by atoms with van der Waals surface area (Å²) in [6.45, 7) is 19.5. The Morgan fingerprint density at radius 3 is 1.46 bits per heavy atom. The van der Waals surface area contributed by atoms with Crippen LogP contribution in [-0.4, -0.2) is 220 Å². The van der Waals surface area contributed by atoms with Crippen LogP contribution in [0.2, 0.25) is 51.4 Å². The van der Waals surface area contributed by atoms with Gasteiger partial charge < -0.3 is 80.5 Å². The van der Waals surface area contributed by atoms with Crippen molar-refractivity contribution in [3.63, 3.8) is 0 Å². The Hall–Kier alpha value is -9.83. The van der Waals surface area contributed by atoms with E-state index in [1.807, 2.05) is 19.1 Å². The van der Waals surface area contributed by atoms with Gasteiger partial charge in [0.1, 0.15) is 36.8 Å². The van der Waals surface area contributed by atoms with Gasteiger partial charge in [0.15, 0.2) is 0 Å². The molecule has 36 heteroatoms. The number of benzene rings is 2. The molecule has 1 aliphatic rings. The number of ether oxygens (including phenoxy) is 8. The van der Waals surface area contributed by atoms with Gasteiger partial charge in [-0.2, -0.15) is 9.97 Å². The lowest BCUT2D eigenvalue weighted by Gasteiger charge is -2.23. The van der Waals surface area contributed by atoms with Crippen molar-refractivity contribution in [1.29, 1.82) is 0 Å². The zero-order valence-corrected chi connectivity index (χ0v) is 65.1. The molecule has 1 aliphatic heterocycles. The maximum atomic E-state index is 13.3. The number of aryl methyl sites for hydroxylation is 4. The molecule has 108 heavy (non-hydrogen) atoms. The van der Waals surface area contributed by atoms with Crippen LogP contribution >= 0.6 is 0 Å². The molecule has 5 heterocycles. The summed E-state index contributed by atoms with van der Waals surface area (Å²) in [5, 5.41) is 6.91. The molecule has 1 fully saturated rings. The van der Waals surface area contributed by atoms with Crippen LogP contribution in [0.25, 0.3) is 22.1 Å². The van der Waals surface area contributed by atoms with Crippen LogP contribution in [0.3, 0.4) is 0 Å². The van der Waals surface area contributed by atoms with Gasteiger partial charge in [-0.15, -0.1) is 5.06 Å². The monoisotopic (exact) mass is 1540 g/mol. The molecule has 34 nitrogen and oxygen atoms in total. The number of nitrogen functional groups attached to an aromatic ring is 2. The van der Waals surface area contributed by atoms with E-state index in [0.717, 1.165) is 39.2 Å². The fourth-order valence-electron chi connectivity index (χ4n) is 10.3. The molecule has 0 aliphatic carbocycles. The first-order valence-corrected chi connectivity index (χ1v) is 43.3. The molecule has 0 unspecified atom stereocenters. The third-order valence-electron chi connectivity index (χ3n) is 16.3. The summed E-state index contributed by atoms with van der Waals surface area (Å²) < 4.78 is 41.7. The summed E-state index contributed by atoms with van der Waals surface area (Å²) in [6.07, 6.45) is 5.71. The van der Waals surface area contributed by atoms with E-state index in [9.17, 15) is 57.5 Å². The fraction of sp³-hybridized carbons (Fsp3) is 0.528. The number of nitrogens with one attached hydrogen (secondary N) is 6. The van der Waals surface area contributed by atoms with Crippen LogP contribution in [0.4, 0.5) is 11.9 Å². The van der Waals surface area contributed by atoms with Crippen LogP contribution in [-0.2, 0) is 107 Å². The Balaban J connectivity index is 0.000000327. The second kappa shape index (κ2) is 45.7. The lowest BCUT2D eigenvalue weighted by Crippen LogP contribution is -2.44. The average Bonchev–Trinajstić information content (AvgIpc) is 1.61. The number of imide groups is 2. The maximum Gasteiger partial charge on any atom is 0.335 e. The molecule has 0 bridgehead atoms. The van der Waals surface area contributed by atoms with Gasteiger partial charge in [0, 0.05) is 92.2 Å². The number of H-pyrrole nitrogens is 4. The number of hydroxylamine groups is 2. The summed E-state index contributed by atoms with van der Waals surface area (Å²) in [6, 6.07) is 13.2. The number of amides is 6. The lowest BCUT2D eigenvalue weighted by atomic mass is 10.0. The standard InChI is InChI=1S/C34H50N6O9Si.C29H42N6O7Si.C9H13NO5/c1-6-47-17-15-28(42)40(16-18-48-22-46-2)27(41)14-13-26(33(45)49-19-20-50(3,4)5)37-31(43)24-10-7-23(8-11-24)9-12-25-21-36-30-29(25)32(44)39-34(35)38-30;1-43(2,3)17-16-42-28(39)22(10-11-23(36)41-15-14-40-13-12-30)33-26(37)20-7-4-19(5-8-20)6-9-21-18-32-25-24(21)27(38)35-29(31)34-25;1-2-14-6-5-9(13)15-10-7(11)3-4-8(10)12/h7-8,10-11,21,26H,6,9,12-20,22H2,1-5H3,(H,37,43)(H4,35,36,38,39,44);4-5,7-8,18,22H,6,9-17,30H2,1-3H3,(H,33,37)(H4,31,32,34,35,38);2-6H2,1H3/t26-;22-;/m11./s1. The second-order valence-corrected chi connectivity index (χ2v) is 38.5. The van der Waals surface area contributed by atoms with Gasteiger partial charge >= 0.3 is 23.9 Å². The normalized spacial score (nSPS) is 12.7. The number of hydrogen-bond acceptors (Lipinski definition) is 26. The third kappa shape index (κ3) is 31.5. The first-order chi connectivity index (χ1) is 51.4. The second-order valence-electron chi connectivity index (χ2n) is 27.3. The van der Waals surface area contributed by atoms with Crippen LogP contribution in [0, 0.1) is 0 Å². The van der Waals surface area contributed by atoms with E-state index in [4.69, 9.17) is 55.1 Å². The minimum atomic E-state index is -1.51. The number of aromatic nitrogens is 6. The topological polar surface area (TPSA) is 485 Å². The van der Waals surface area contributed by atoms with E-state index in [2.05, 4.69) is 84.7 Å². The summed E-state index contributed by atoms with van der Waals surface area (Å²) >= 11 is 0. The summed E-state index contributed by atoms with van der Waals surface area (Å²) in [4.78, 5) is 174. The zero-order valence-electron chi connectivity index (χ0n) is 63.1. The summed E-state index contributed by atoms with van der Waals surface area (Å²) in [5.41, 5.74) is 21.0. The van der Waals surface area contributed by atoms with E-state index < -0.39 is 87.6 Å². The molecule has 6 amide bonds. The highest BCUT2D eigenvalue weighted by Crippen LogP contribution is 2.20. The number of rotatable bonds is 43. The van der Waals surface area contributed by atoms with E-state index >= 15 is 0 Å². The van der Waals surface area contributed by atoms with Gasteiger partial charge in [0.05, 0.1) is 76.4 Å². The Morgan fingerprint density at radius 2 is 1.01 bits per heavy atom. The van der Waals surface area contributed by atoms with Crippen LogP contribution in [0.1, 0.15) is 108 Å². The number of esters is 3. The number of nitrogens with zero attached hydrogens (tertiary/aromatic N) is 4. The first-order valence-electron chi connectivity index (χ1n) is 35.8. The SMILES string of the molecule is CCOCCC(=O)N(CCOCOC)C(=O)CC[C@@H](NC(=O)c1ccc(CCc2c[nH]c3nc(N)[nH]c(=O)c23)cc1)C(=O)OCC[Si](C)(C)C.CCOCCC(=O)ON1C(=O)CCC1=O.C[Si](C)(C)CCOC(=O)[C@@H](CCC(=O)OCCOCCN)NC(=O)c1ccc(CCc2c[nH]c3nc(N)[nH]c(=O)c23)cc1. The van der Waals surface area contributed by atoms with Crippen molar-refractivity contribution < 1.29 is 90.7 Å². The molecule has 0 radical (unpaired) electrons. The van der Waals surface area contributed by atoms with Gasteiger partial charge in [-0.3, -0.25) is 58.0 Å². The Morgan fingerprint density at radius 1 is 0.546 bits per heavy atom. The number of carbonyl (C=O) groups excluding carboxylic acids is 10. The molecule has 0 spiro atoms. The quantitative estimate of drug-likeness (QED) is 0.00625. The molecule has 2 atom stereocenters. The van der Waals surface area contributed by atoms with Gasteiger partial charge in [-0.1, -0.05) is 63.5 Å². The van der Waals surface area contributed by atoms with Gasteiger partial charge in [-0.25, -0.2) is 14.4 Å². The van der Waals surface area contributed by atoms with Crippen molar-refractivity contribution in [3.8, 4) is 0 Å². The number of fused-ring (bicyclic) bond motifs is 2. The third-order valence-corrected chi connectivity index (χ3v) is 19.7. The Bertz CT molecular complexity index is 4040. The van der Waals surface area contributed by atoms with Gasteiger partial charge in [0.2, 0.25) is 23.7 Å². The summed E-state index contributed by atoms with van der Waals surface area (Å²) in [5.74, 6) is -5.15. The van der Waals surface area contributed by atoms with E-state index in [1.54, 1.807) is 55.7 Å². The van der Waals surface area contributed by atoms with Crippen molar-refractivity contribution in [2.75, 3.05) is 105 Å². The van der Waals surface area contributed by atoms with Crippen molar-refractivity contribution in [3.05, 3.63) is 115 Å². The lowest BCUT2D eigenvalue weighted by molar-refractivity contribution is -0.198. The van der Waals surface area contributed by atoms with Crippen molar-refractivity contribution in [2.24, 2.45) is 5.73 Å². The Labute approximate surface area is 627 Å². The van der Waals surface area contributed by atoms with Crippen molar-refractivity contribution in [1.82, 2.24) is 50.5 Å². The predicted molar refractivity (Wildman–Crippen MR) is 404 cm³/mol. The highest BCUT2D eigenvalue weighted by molar-refractivity contribution is 6.76. The van der Waals surface area contributed by atoms with Crippen molar-refractivity contribution in [2.45, 2.75) is 154 Å². The Kier molecular flexibility index (Phi) is 37.6. The number of anilines is 2. The molecular weight excluding hydrogens is 1440 g/mol. The minimum Gasteiger partial charge on any atom is -0.464 e. The van der Waals surface area contributed by atoms with Gasteiger partial charge in [-0.05, 0) is 111 Å². The average molecular weight is 1540 g/mol. The van der Waals surface area contributed by atoms with E-state index in [1.165, 1.54) is 7.11 Å². The summed E-state index contributed by atoms with van der Waals surface area (Å²) in [7, 11) is -1.48. The van der Waals surface area contributed by atoms with Crippen LogP contribution in [0.5, 0.6) is 0 Å². The number of hydrogen-bond donors (Lipinski definition) is 9. The fourth-order valence-corrected chi connectivity index (χ4v) is 11.7. The molecule has 1 saturated heterocycles. The number of carbonyl (C=O) groups is 10. The smallest absolute Gasteiger partial charge is 0.335 e. The first kappa shape index (κ1) is 88.8. The number of nitrogens with two attached hydrogens (primary N) is 3. The van der Waals surface area contributed by atoms with Crippen molar-refractivity contribution >= 4 is 109 Å². The highest BCUT2D eigenvalue weighted by Gasteiger charge is 2.33. The zero-order chi connectivity index (χ0) is 79.3. The molecule has 12 N–H and O–H groups in total. The molecule has 592 valence electrons. The van der Waals surface area contributed by atoms with E-state index in [-0.39, 0.29) is 134 Å². The van der Waals surface area contributed by atoms with Gasteiger partial charge in [0.25, 0.3) is 34.7 Å². The number of methoxy groups -OCH3 is 1. The molecule has 7 rings (SSSR count). The van der Waals surface area contributed by atoms with Crippen LogP contribution in [0.15, 0.2) is 70.5 Å². The van der Waals surface area contributed by atoms with E-state index in [0.29, 0.717) is 90.3 Å².